The molecule has 2 bridgehead atoms. The highest BCUT2D eigenvalue weighted by molar-refractivity contribution is 6.69. The minimum absolute atomic E-state index is 0.383. The topological polar surface area (TPSA) is 46.5 Å². The van der Waals surface area contributed by atoms with Gasteiger partial charge in [-0.15, -0.1) is 0 Å². The molecule has 8 aliphatic carbocycles. The maximum Gasteiger partial charge on any atom is 0.183 e. The lowest BCUT2D eigenvalue weighted by Gasteiger charge is -2.52. The molecule has 0 aromatic carbocycles. The van der Waals surface area contributed by atoms with Crippen LogP contribution >= 0.6 is 0 Å². The highest BCUT2D eigenvalue weighted by atomic mass is 28.4. The van der Waals surface area contributed by atoms with Gasteiger partial charge >= 0.3 is 0 Å². The fraction of sp³-hybridized carbons (Fsp3) is 0.880. The van der Waals surface area contributed by atoms with Gasteiger partial charge in [-0.2, -0.15) is 0 Å². The van der Waals surface area contributed by atoms with Gasteiger partial charge in [-0.1, -0.05) is 5.57 Å². The summed E-state index contributed by atoms with van der Waals surface area (Å²) in [6.07, 6.45) is 9.85. The zero-order chi connectivity index (χ0) is 19.9. The molecular weight excluding hydrogens is 376 g/mol. The van der Waals surface area contributed by atoms with Crippen molar-refractivity contribution in [2.75, 3.05) is 6.61 Å². The molecule has 8 rings (SSSR count). The number of aliphatic hydroxyl groups is 1. The number of fused-ring (bicyclic) bond motifs is 6. The van der Waals surface area contributed by atoms with Crippen LogP contribution in [0.25, 0.3) is 0 Å². The lowest BCUT2D eigenvalue weighted by Crippen LogP contribution is -2.48. The van der Waals surface area contributed by atoms with Gasteiger partial charge in [0.25, 0.3) is 0 Å². The normalized spacial score (nSPS) is 57.7. The summed E-state index contributed by atoms with van der Waals surface area (Å²) in [5, 5.41) is 11.9. The van der Waals surface area contributed by atoms with E-state index in [0.717, 1.165) is 67.8 Å². The zero-order valence-corrected chi connectivity index (χ0v) is 19.2. The highest BCUT2D eigenvalue weighted by Crippen LogP contribution is 3.00. The molecule has 3 nitrogen and oxygen atoms in total. The number of carbonyl (C=O) groups is 1. The van der Waals surface area contributed by atoms with Crippen molar-refractivity contribution >= 4 is 14.1 Å². The van der Waals surface area contributed by atoms with Gasteiger partial charge in [0.2, 0.25) is 0 Å². The molecule has 29 heavy (non-hydrogen) atoms. The van der Waals surface area contributed by atoms with E-state index >= 15 is 0 Å². The molecule has 4 heteroatoms. The van der Waals surface area contributed by atoms with Gasteiger partial charge in [-0.3, -0.25) is 4.79 Å². The maximum atomic E-state index is 12.1. The molecule has 0 heterocycles. The second kappa shape index (κ2) is 5.30. The third-order valence-corrected chi connectivity index (χ3v) is 11.7. The minimum Gasteiger partial charge on any atom is -0.418 e. The van der Waals surface area contributed by atoms with Crippen LogP contribution in [0.4, 0.5) is 0 Å². The van der Waals surface area contributed by atoms with Crippen LogP contribution in [-0.4, -0.2) is 31.4 Å². The van der Waals surface area contributed by atoms with Crippen LogP contribution in [0.2, 0.25) is 19.6 Å². The Labute approximate surface area is 175 Å². The van der Waals surface area contributed by atoms with Crippen molar-refractivity contribution in [2.45, 2.75) is 70.2 Å². The third-order valence-electron chi connectivity index (χ3n) is 10.6. The van der Waals surface area contributed by atoms with Crippen LogP contribution < -0.4 is 0 Å². The van der Waals surface area contributed by atoms with Gasteiger partial charge in [0, 0.05) is 13.0 Å². The van der Waals surface area contributed by atoms with Crippen molar-refractivity contribution in [3.05, 3.63) is 11.6 Å². The first-order valence-electron chi connectivity index (χ1n) is 12.4. The number of rotatable bonds is 5. The fourth-order valence-electron chi connectivity index (χ4n) is 10.0. The van der Waals surface area contributed by atoms with Crippen LogP contribution in [0.3, 0.4) is 0 Å². The van der Waals surface area contributed by atoms with E-state index in [1.807, 2.05) is 0 Å². The van der Waals surface area contributed by atoms with Crippen molar-refractivity contribution in [3.63, 3.8) is 0 Å². The predicted octanol–water partition coefficient (Wildman–Crippen LogP) is 4.42. The number of ketones is 1. The SMILES string of the molecule is C[Si](C)(C)OCCCC1(O)C2C3C2C32C3C(CCC12)C1CCC(=O)C=C1C1CC13. The first-order valence-corrected chi connectivity index (χ1v) is 15.8. The van der Waals surface area contributed by atoms with E-state index in [1.165, 1.54) is 19.3 Å². The Balaban J connectivity index is 1.13. The van der Waals surface area contributed by atoms with E-state index in [2.05, 4.69) is 25.7 Å². The summed E-state index contributed by atoms with van der Waals surface area (Å²) in [7, 11) is -1.45. The van der Waals surface area contributed by atoms with Crippen molar-refractivity contribution in [1.29, 1.82) is 0 Å². The molecule has 0 aromatic rings. The van der Waals surface area contributed by atoms with E-state index in [1.54, 1.807) is 5.57 Å². The summed E-state index contributed by atoms with van der Waals surface area (Å²) in [5.41, 5.74) is 1.70. The van der Waals surface area contributed by atoms with Crippen LogP contribution in [0.5, 0.6) is 0 Å². The van der Waals surface area contributed by atoms with Crippen molar-refractivity contribution in [1.82, 2.24) is 0 Å². The average molecular weight is 413 g/mol. The number of hydrogen-bond acceptors (Lipinski definition) is 3. The largest absolute Gasteiger partial charge is 0.418 e. The number of allylic oxidation sites excluding steroid dienone is 1. The minimum atomic E-state index is -1.45. The zero-order valence-electron chi connectivity index (χ0n) is 18.2. The highest BCUT2D eigenvalue weighted by Gasteiger charge is 2.99. The summed E-state index contributed by atoms with van der Waals surface area (Å²) in [6.45, 7) is 7.60. The number of hydrogen-bond donors (Lipinski definition) is 1. The van der Waals surface area contributed by atoms with Crippen LogP contribution in [0.15, 0.2) is 11.6 Å². The lowest BCUT2D eigenvalue weighted by atomic mass is 9.53. The van der Waals surface area contributed by atoms with Crippen LogP contribution in [-0.2, 0) is 9.22 Å². The summed E-state index contributed by atoms with van der Waals surface area (Å²) in [4.78, 5) is 12.1. The van der Waals surface area contributed by atoms with Crippen molar-refractivity contribution in [3.8, 4) is 0 Å². The van der Waals surface area contributed by atoms with Gasteiger partial charge in [0.15, 0.2) is 14.1 Å². The first-order chi connectivity index (χ1) is 13.8. The van der Waals surface area contributed by atoms with E-state index in [9.17, 15) is 9.90 Å². The van der Waals surface area contributed by atoms with Crippen molar-refractivity contribution in [2.24, 2.45) is 58.7 Å². The number of carbonyl (C=O) groups excluding carboxylic acids is 1. The second-order valence-electron chi connectivity index (χ2n) is 12.7. The summed E-state index contributed by atoms with van der Waals surface area (Å²) < 4.78 is 6.10. The van der Waals surface area contributed by atoms with Gasteiger partial charge in [0.05, 0.1) is 5.60 Å². The maximum absolute atomic E-state index is 12.1. The second-order valence-corrected chi connectivity index (χ2v) is 17.2. The quantitative estimate of drug-likeness (QED) is 0.537. The monoisotopic (exact) mass is 412 g/mol. The van der Waals surface area contributed by atoms with Crippen LogP contribution in [0, 0.1) is 58.7 Å². The third kappa shape index (κ3) is 2.10. The Morgan fingerprint density at radius 1 is 1.07 bits per heavy atom. The molecule has 7 fully saturated rings. The lowest BCUT2D eigenvalue weighted by molar-refractivity contribution is -0.116. The van der Waals surface area contributed by atoms with Gasteiger partial charge in [0.1, 0.15) is 0 Å². The fourth-order valence-corrected chi connectivity index (χ4v) is 10.8. The molecule has 0 amide bonds. The molecule has 158 valence electrons. The molecule has 1 spiro atoms. The van der Waals surface area contributed by atoms with Crippen molar-refractivity contribution < 1.29 is 14.3 Å². The van der Waals surface area contributed by atoms with E-state index in [0.29, 0.717) is 29.0 Å². The molecule has 0 aromatic heterocycles. The Kier molecular flexibility index (Phi) is 3.31. The Morgan fingerprint density at radius 2 is 1.86 bits per heavy atom. The summed E-state index contributed by atoms with van der Waals surface area (Å²) in [5.74, 6) is 7.28. The van der Waals surface area contributed by atoms with E-state index in [-0.39, 0.29) is 5.60 Å². The molecule has 0 saturated heterocycles. The van der Waals surface area contributed by atoms with Gasteiger partial charge < -0.3 is 9.53 Å². The Bertz CT molecular complexity index is 816. The standard InChI is InChI=1S/C25H36O3Si/c1-29(2,3)28-10-4-9-24(27)19-8-7-15-14-6-5-13(26)11-16(14)17-12-18(17)20(15)25(19)22-21(24)23(22)25/h11,14-15,17-23,27H,4-10,12H2,1-3H3. The molecule has 9 atom stereocenters. The molecule has 9 unspecified atom stereocenters. The van der Waals surface area contributed by atoms with Gasteiger partial charge in [-0.25, -0.2) is 0 Å². The molecule has 0 aliphatic heterocycles. The Morgan fingerprint density at radius 3 is 2.62 bits per heavy atom. The first kappa shape index (κ1) is 18.2. The molecule has 1 N–H and O–H groups in total. The van der Waals surface area contributed by atoms with Gasteiger partial charge in [-0.05, 0) is 123 Å². The molecule has 7 saturated carbocycles. The molecule has 0 radical (unpaired) electrons. The summed E-state index contributed by atoms with van der Waals surface area (Å²) in [6, 6.07) is 0. The summed E-state index contributed by atoms with van der Waals surface area (Å²) >= 11 is 0. The van der Waals surface area contributed by atoms with Crippen LogP contribution in [0.1, 0.15) is 44.9 Å². The van der Waals surface area contributed by atoms with E-state index in [4.69, 9.17) is 4.43 Å². The molecule has 8 aliphatic rings. The van der Waals surface area contributed by atoms with E-state index < -0.39 is 8.32 Å². The average Bonchev–Trinajstić information content (AvgIpc) is 3.56. The smallest absolute Gasteiger partial charge is 0.183 e. The molecular formula is C25H36O3Si. The Hall–Kier alpha value is -0.453. The predicted molar refractivity (Wildman–Crippen MR) is 113 cm³/mol.